The van der Waals surface area contributed by atoms with Gasteiger partial charge in [-0.1, -0.05) is 30.3 Å². The summed E-state index contributed by atoms with van der Waals surface area (Å²) in [4.78, 5) is 27.9. The molecule has 2 N–H and O–H groups in total. The summed E-state index contributed by atoms with van der Waals surface area (Å²) in [5.74, 6) is -1.35. The van der Waals surface area contributed by atoms with Crippen molar-refractivity contribution in [3.8, 4) is 5.75 Å². The van der Waals surface area contributed by atoms with Crippen LogP contribution in [0.15, 0.2) is 48.7 Å². The summed E-state index contributed by atoms with van der Waals surface area (Å²) in [5.41, 5.74) is 0.899. The number of amides is 1. The van der Waals surface area contributed by atoms with Crippen LogP contribution >= 0.6 is 0 Å². The lowest BCUT2D eigenvalue weighted by Gasteiger charge is -2.17. The van der Waals surface area contributed by atoms with Gasteiger partial charge in [0.25, 0.3) is 5.91 Å². The molecule has 1 atom stereocenters. The Morgan fingerprint density at radius 1 is 1.17 bits per heavy atom. The Labute approximate surface area is 140 Å². The van der Waals surface area contributed by atoms with Gasteiger partial charge in [0.2, 0.25) is 0 Å². The Hall–Kier alpha value is -2.89. The van der Waals surface area contributed by atoms with E-state index in [0.717, 1.165) is 5.56 Å². The van der Waals surface area contributed by atoms with Crippen LogP contribution in [0.2, 0.25) is 0 Å². The number of carboxylic acid groups (broad SMARTS) is 1. The van der Waals surface area contributed by atoms with Crippen molar-refractivity contribution in [1.82, 2.24) is 10.3 Å². The molecular formula is C18H20N2O4. The molecule has 0 fully saturated rings. The van der Waals surface area contributed by atoms with Crippen LogP contribution in [0.3, 0.4) is 0 Å². The van der Waals surface area contributed by atoms with Crippen molar-refractivity contribution in [3.05, 3.63) is 59.9 Å². The highest BCUT2D eigenvalue weighted by Gasteiger charge is 2.23. The molecule has 2 aromatic rings. The third-order valence-electron chi connectivity index (χ3n) is 3.23. The molecule has 2 rings (SSSR count). The third-order valence-corrected chi connectivity index (χ3v) is 3.23. The Bertz CT molecular complexity index is 701. The maximum atomic E-state index is 12.4. The van der Waals surface area contributed by atoms with Gasteiger partial charge in [-0.15, -0.1) is 0 Å². The highest BCUT2D eigenvalue weighted by molar-refractivity contribution is 5.97. The zero-order chi connectivity index (χ0) is 17.5. The van der Waals surface area contributed by atoms with Crippen LogP contribution in [0.4, 0.5) is 0 Å². The van der Waals surface area contributed by atoms with E-state index in [1.54, 1.807) is 12.1 Å². The van der Waals surface area contributed by atoms with Gasteiger partial charge in [-0.2, -0.15) is 0 Å². The topological polar surface area (TPSA) is 88.5 Å². The molecule has 0 spiro atoms. The number of carbonyl (C=O) groups excluding carboxylic acids is 1. The van der Waals surface area contributed by atoms with Gasteiger partial charge in [0.05, 0.1) is 6.10 Å². The first kappa shape index (κ1) is 17.5. The van der Waals surface area contributed by atoms with Gasteiger partial charge < -0.3 is 15.2 Å². The van der Waals surface area contributed by atoms with Crippen LogP contribution in [0.1, 0.15) is 29.9 Å². The fourth-order valence-electron chi connectivity index (χ4n) is 2.19. The number of ether oxygens (including phenoxy) is 1. The van der Waals surface area contributed by atoms with Gasteiger partial charge in [-0.25, -0.2) is 9.78 Å². The molecule has 0 bridgehead atoms. The molecular weight excluding hydrogens is 308 g/mol. The van der Waals surface area contributed by atoms with Crippen molar-refractivity contribution in [2.45, 2.75) is 32.4 Å². The van der Waals surface area contributed by atoms with Crippen molar-refractivity contribution in [2.24, 2.45) is 0 Å². The van der Waals surface area contributed by atoms with E-state index in [-0.39, 0.29) is 18.2 Å². The first-order chi connectivity index (χ1) is 11.5. The van der Waals surface area contributed by atoms with Crippen LogP contribution in [-0.4, -0.2) is 34.1 Å². The molecule has 6 heteroatoms. The van der Waals surface area contributed by atoms with E-state index >= 15 is 0 Å². The standard InChI is InChI=1S/C18H20N2O4/c1-12(2)24-15-9-6-10-19-16(15)17(21)20-14(18(22)23)11-13-7-4-3-5-8-13/h3-10,12,14H,11H2,1-2H3,(H,20,21)(H,22,23). The Kier molecular flexibility index (Phi) is 5.89. The van der Waals surface area contributed by atoms with Crippen molar-refractivity contribution < 1.29 is 19.4 Å². The van der Waals surface area contributed by atoms with Crippen molar-refractivity contribution in [2.75, 3.05) is 0 Å². The number of hydrogen-bond acceptors (Lipinski definition) is 4. The van der Waals surface area contributed by atoms with Crippen LogP contribution in [0.25, 0.3) is 0 Å². The zero-order valence-corrected chi connectivity index (χ0v) is 13.6. The fourth-order valence-corrected chi connectivity index (χ4v) is 2.19. The quantitative estimate of drug-likeness (QED) is 0.814. The SMILES string of the molecule is CC(C)Oc1cccnc1C(=O)NC(Cc1ccccc1)C(=O)O. The number of hydrogen-bond donors (Lipinski definition) is 2. The van der Waals surface area contributed by atoms with E-state index in [0.29, 0.717) is 5.75 Å². The summed E-state index contributed by atoms with van der Waals surface area (Å²) in [5, 5.41) is 11.9. The predicted molar refractivity (Wildman–Crippen MR) is 89.0 cm³/mol. The highest BCUT2D eigenvalue weighted by atomic mass is 16.5. The molecule has 0 aliphatic carbocycles. The minimum absolute atomic E-state index is 0.0745. The molecule has 1 aromatic heterocycles. The Balaban J connectivity index is 2.15. The molecule has 24 heavy (non-hydrogen) atoms. The number of benzene rings is 1. The van der Waals surface area contributed by atoms with Crippen molar-refractivity contribution in [1.29, 1.82) is 0 Å². The fraction of sp³-hybridized carbons (Fsp3) is 0.278. The number of aromatic nitrogens is 1. The minimum atomic E-state index is -1.10. The van der Waals surface area contributed by atoms with E-state index in [1.165, 1.54) is 6.20 Å². The van der Waals surface area contributed by atoms with E-state index in [2.05, 4.69) is 10.3 Å². The van der Waals surface area contributed by atoms with Crippen molar-refractivity contribution in [3.63, 3.8) is 0 Å². The van der Waals surface area contributed by atoms with Crippen LogP contribution in [-0.2, 0) is 11.2 Å². The molecule has 1 amide bonds. The maximum absolute atomic E-state index is 12.4. The molecule has 0 aliphatic heterocycles. The molecule has 1 aromatic carbocycles. The monoisotopic (exact) mass is 328 g/mol. The average molecular weight is 328 g/mol. The van der Waals surface area contributed by atoms with Gasteiger partial charge >= 0.3 is 5.97 Å². The smallest absolute Gasteiger partial charge is 0.326 e. The number of rotatable bonds is 7. The zero-order valence-electron chi connectivity index (χ0n) is 13.6. The lowest BCUT2D eigenvalue weighted by Crippen LogP contribution is -2.42. The molecule has 1 unspecified atom stereocenters. The van der Waals surface area contributed by atoms with E-state index in [9.17, 15) is 14.7 Å². The molecule has 0 radical (unpaired) electrons. The second-order valence-electron chi connectivity index (χ2n) is 5.57. The summed E-state index contributed by atoms with van der Waals surface area (Å²) in [6.07, 6.45) is 1.53. The van der Waals surface area contributed by atoms with Gasteiger partial charge in [0.15, 0.2) is 11.4 Å². The summed E-state index contributed by atoms with van der Waals surface area (Å²) < 4.78 is 5.56. The van der Waals surface area contributed by atoms with E-state index in [1.807, 2.05) is 44.2 Å². The van der Waals surface area contributed by atoms with Gasteiger partial charge in [-0.3, -0.25) is 4.79 Å². The third kappa shape index (κ3) is 4.81. The average Bonchev–Trinajstić information content (AvgIpc) is 2.55. The van der Waals surface area contributed by atoms with Crippen LogP contribution in [0.5, 0.6) is 5.75 Å². The molecule has 0 saturated carbocycles. The minimum Gasteiger partial charge on any atom is -0.489 e. The van der Waals surface area contributed by atoms with E-state index in [4.69, 9.17) is 4.74 Å². The second-order valence-corrected chi connectivity index (χ2v) is 5.57. The normalized spacial score (nSPS) is 11.8. The van der Waals surface area contributed by atoms with Crippen LogP contribution in [0, 0.1) is 0 Å². The number of pyridine rings is 1. The van der Waals surface area contributed by atoms with Gasteiger partial charge in [0.1, 0.15) is 6.04 Å². The number of nitrogens with zero attached hydrogens (tertiary/aromatic N) is 1. The number of carbonyl (C=O) groups is 2. The summed E-state index contributed by atoms with van der Waals surface area (Å²) in [7, 11) is 0. The number of nitrogens with one attached hydrogen (secondary N) is 1. The largest absolute Gasteiger partial charge is 0.489 e. The maximum Gasteiger partial charge on any atom is 0.326 e. The van der Waals surface area contributed by atoms with E-state index < -0.39 is 17.9 Å². The number of aliphatic carboxylic acids is 1. The lowest BCUT2D eigenvalue weighted by molar-refractivity contribution is -0.139. The molecule has 0 saturated heterocycles. The highest BCUT2D eigenvalue weighted by Crippen LogP contribution is 2.17. The molecule has 126 valence electrons. The predicted octanol–water partition coefficient (Wildman–Crippen LogP) is 2.29. The first-order valence-electron chi connectivity index (χ1n) is 7.66. The molecule has 0 aliphatic rings. The van der Waals surface area contributed by atoms with Gasteiger partial charge in [0, 0.05) is 12.6 Å². The van der Waals surface area contributed by atoms with Gasteiger partial charge in [-0.05, 0) is 31.5 Å². The van der Waals surface area contributed by atoms with Crippen molar-refractivity contribution >= 4 is 11.9 Å². The lowest BCUT2D eigenvalue weighted by atomic mass is 10.1. The summed E-state index contributed by atoms with van der Waals surface area (Å²) in [6, 6.07) is 11.4. The molecule has 1 heterocycles. The summed E-state index contributed by atoms with van der Waals surface area (Å²) >= 11 is 0. The summed E-state index contributed by atoms with van der Waals surface area (Å²) in [6.45, 7) is 3.67. The Morgan fingerprint density at radius 2 is 1.88 bits per heavy atom. The number of carboxylic acids is 1. The van der Waals surface area contributed by atoms with Crippen LogP contribution < -0.4 is 10.1 Å². The molecule has 6 nitrogen and oxygen atoms in total. The second kappa shape index (κ2) is 8.10. The first-order valence-corrected chi connectivity index (χ1v) is 7.66. The Morgan fingerprint density at radius 3 is 2.50 bits per heavy atom.